The van der Waals surface area contributed by atoms with E-state index in [1.807, 2.05) is 18.7 Å². The van der Waals surface area contributed by atoms with Gasteiger partial charge in [0.15, 0.2) is 0 Å². The van der Waals surface area contributed by atoms with Crippen LogP contribution in [0.4, 0.5) is 13.2 Å². The van der Waals surface area contributed by atoms with Crippen LogP contribution in [0.1, 0.15) is 43.2 Å². The van der Waals surface area contributed by atoms with E-state index in [4.69, 9.17) is 0 Å². The zero-order valence-electron chi connectivity index (χ0n) is 16.0. The number of piperidine rings is 1. The largest absolute Gasteiger partial charge is 0.416 e. The number of thioether (sulfide) groups is 1. The molecule has 1 aromatic carbocycles. The van der Waals surface area contributed by atoms with E-state index in [0.717, 1.165) is 25.0 Å². The highest BCUT2D eigenvalue weighted by molar-refractivity contribution is 8.00. The van der Waals surface area contributed by atoms with Crippen LogP contribution in [0.3, 0.4) is 0 Å². The second kappa shape index (κ2) is 8.35. The van der Waals surface area contributed by atoms with E-state index >= 15 is 0 Å². The Morgan fingerprint density at radius 1 is 1.25 bits per heavy atom. The second-order valence-electron chi connectivity index (χ2n) is 7.76. The van der Waals surface area contributed by atoms with Crippen molar-refractivity contribution < 1.29 is 22.8 Å². The average Bonchev–Trinajstić information content (AvgIpc) is 3.01. The number of rotatable bonds is 4. The predicted molar refractivity (Wildman–Crippen MR) is 102 cm³/mol. The van der Waals surface area contributed by atoms with Gasteiger partial charge in [0, 0.05) is 25.6 Å². The highest BCUT2D eigenvalue weighted by Crippen LogP contribution is 2.41. The third-order valence-electron chi connectivity index (χ3n) is 5.34. The molecule has 2 heterocycles. The molecule has 2 aliphatic rings. The normalized spacial score (nSPS) is 21.6. The standard InChI is InChI=1S/C20H25F3N2O2S/c1-13(2)18(27)24-8-6-14(7-9-24)11-25-17(26)12-28-19(25)15-4-3-5-16(10-15)20(21,22)23/h3-5,10,13-14,19H,6-9,11-12H2,1-2H3/t19-/m0/s1. The summed E-state index contributed by atoms with van der Waals surface area (Å²) >= 11 is 1.37. The van der Waals surface area contributed by atoms with Gasteiger partial charge in [-0.2, -0.15) is 13.2 Å². The van der Waals surface area contributed by atoms with Gasteiger partial charge in [-0.15, -0.1) is 11.8 Å². The monoisotopic (exact) mass is 414 g/mol. The lowest BCUT2D eigenvalue weighted by Gasteiger charge is -2.36. The number of alkyl halides is 3. The molecular weight excluding hydrogens is 389 g/mol. The number of nitrogens with zero attached hydrogens (tertiary/aromatic N) is 2. The maximum absolute atomic E-state index is 13.0. The molecule has 0 saturated carbocycles. The molecule has 1 atom stereocenters. The minimum Gasteiger partial charge on any atom is -0.342 e. The summed E-state index contributed by atoms with van der Waals surface area (Å²) in [5, 5.41) is -0.384. The first-order valence-corrected chi connectivity index (χ1v) is 10.6. The lowest BCUT2D eigenvalue weighted by Crippen LogP contribution is -2.43. The van der Waals surface area contributed by atoms with E-state index in [9.17, 15) is 22.8 Å². The van der Waals surface area contributed by atoms with Crippen LogP contribution >= 0.6 is 11.8 Å². The predicted octanol–water partition coefficient (Wildman–Crippen LogP) is 4.17. The summed E-state index contributed by atoms with van der Waals surface area (Å²) < 4.78 is 39.1. The van der Waals surface area contributed by atoms with Crippen LogP contribution < -0.4 is 0 Å². The Morgan fingerprint density at radius 3 is 2.54 bits per heavy atom. The Morgan fingerprint density at radius 2 is 1.93 bits per heavy atom. The Labute approximate surface area is 167 Å². The summed E-state index contributed by atoms with van der Waals surface area (Å²) in [6.45, 7) is 5.63. The first-order chi connectivity index (χ1) is 13.2. The molecule has 0 aliphatic carbocycles. The maximum atomic E-state index is 13.0. The van der Waals surface area contributed by atoms with Gasteiger partial charge in [-0.05, 0) is 36.5 Å². The average molecular weight is 414 g/mol. The molecule has 0 radical (unpaired) electrons. The Kier molecular flexibility index (Phi) is 6.27. The van der Waals surface area contributed by atoms with Gasteiger partial charge in [-0.3, -0.25) is 9.59 Å². The van der Waals surface area contributed by atoms with E-state index in [1.165, 1.54) is 17.8 Å². The second-order valence-corrected chi connectivity index (χ2v) is 8.82. The minimum absolute atomic E-state index is 0.0293. The molecule has 3 rings (SSSR count). The van der Waals surface area contributed by atoms with Crippen LogP contribution in [0.15, 0.2) is 24.3 Å². The van der Waals surface area contributed by atoms with Crippen molar-refractivity contribution in [3.8, 4) is 0 Å². The number of halogens is 3. The fraction of sp³-hybridized carbons (Fsp3) is 0.600. The number of likely N-dealkylation sites (tertiary alicyclic amines) is 1. The Hall–Kier alpha value is -1.70. The van der Waals surface area contributed by atoms with Crippen molar-refractivity contribution in [3.05, 3.63) is 35.4 Å². The number of carbonyl (C=O) groups is 2. The summed E-state index contributed by atoms with van der Waals surface area (Å²) in [4.78, 5) is 28.1. The van der Waals surface area contributed by atoms with E-state index in [2.05, 4.69) is 0 Å². The zero-order valence-corrected chi connectivity index (χ0v) is 16.9. The van der Waals surface area contributed by atoms with Gasteiger partial charge in [0.2, 0.25) is 11.8 Å². The molecule has 0 aromatic heterocycles. The zero-order chi connectivity index (χ0) is 20.5. The third-order valence-corrected chi connectivity index (χ3v) is 6.60. The van der Waals surface area contributed by atoms with Gasteiger partial charge in [-0.1, -0.05) is 26.0 Å². The first kappa shape index (κ1) is 21.0. The van der Waals surface area contributed by atoms with Gasteiger partial charge in [0.1, 0.15) is 5.37 Å². The number of benzene rings is 1. The Bertz CT molecular complexity index is 730. The van der Waals surface area contributed by atoms with E-state index in [0.29, 0.717) is 25.2 Å². The molecule has 4 nitrogen and oxygen atoms in total. The number of amides is 2. The van der Waals surface area contributed by atoms with Crippen LogP contribution in [-0.2, 0) is 15.8 Å². The summed E-state index contributed by atoms with van der Waals surface area (Å²) in [6, 6.07) is 5.25. The molecule has 2 amide bonds. The van der Waals surface area contributed by atoms with Gasteiger partial charge < -0.3 is 9.80 Å². The van der Waals surface area contributed by atoms with Crippen molar-refractivity contribution in [2.24, 2.45) is 11.8 Å². The molecule has 2 fully saturated rings. The van der Waals surface area contributed by atoms with Crippen molar-refractivity contribution in [2.45, 2.75) is 38.2 Å². The molecule has 154 valence electrons. The minimum atomic E-state index is -4.40. The SMILES string of the molecule is CC(C)C(=O)N1CCC(CN2C(=O)CS[C@H]2c2cccc(C(F)(F)F)c2)CC1. The lowest BCUT2D eigenvalue weighted by atomic mass is 9.95. The van der Waals surface area contributed by atoms with Crippen LogP contribution in [0.25, 0.3) is 0 Å². The summed E-state index contributed by atoms with van der Waals surface area (Å²) in [5.41, 5.74) is -0.177. The summed E-state index contributed by atoms with van der Waals surface area (Å²) in [6.07, 6.45) is -2.78. The number of hydrogen-bond acceptors (Lipinski definition) is 3. The highest BCUT2D eigenvalue weighted by atomic mass is 32.2. The lowest BCUT2D eigenvalue weighted by molar-refractivity contribution is -0.138. The summed E-state index contributed by atoms with van der Waals surface area (Å²) in [5.74, 6) is 0.623. The molecule has 2 saturated heterocycles. The first-order valence-electron chi connectivity index (χ1n) is 9.54. The van der Waals surface area contributed by atoms with Gasteiger partial charge >= 0.3 is 6.18 Å². The molecule has 0 spiro atoms. The fourth-order valence-corrected chi connectivity index (χ4v) is 4.96. The molecule has 28 heavy (non-hydrogen) atoms. The highest BCUT2D eigenvalue weighted by Gasteiger charge is 2.37. The molecule has 8 heteroatoms. The van der Waals surface area contributed by atoms with Crippen LogP contribution in [0, 0.1) is 11.8 Å². The third kappa shape index (κ3) is 4.64. The Balaban J connectivity index is 1.67. The molecule has 0 N–H and O–H groups in total. The van der Waals surface area contributed by atoms with Gasteiger partial charge in [0.25, 0.3) is 0 Å². The van der Waals surface area contributed by atoms with Gasteiger partial charge in [0.05, 0.1) is 11.3 Å². The fourth-order valence-electron chi connectivity index (χ4n) is 3.78. The van der Waals surface area contributed by atoms with Crippen molar-refractivity contribution in [3.63, 3.8) is 0 Å². The van der Waals surface area contributed by atoms with E-state index < -0.39 is 11.7 Å². The molecule has 1 aromatic rings. The molecule has 2 aliphatic heterocycles. The van der Waals surface area contributed by atoms with E-state index in [1.54, 1.807) is 11.0 Å². The van der Waals surface area contributed by atoms with Gasteiger partial charge in [-0.25, -0.2) is 0 Å². The number of carbonyl (C=O) groups excluding carboxylic acids is 2. The molecule has 0 unspecified atom stereocenters. The smallest absolute Gasteiger partial charge is 0.342 e. The van der Waals surface area contributed by atoms with E-state index in [-0.39, 0.29) is 34.8 Å². The summed E-state index contributed by atoms with van der Waals surface area (Å²) in [7, 11) is 0. The quantitative estimate of drug-likeness (QED) is 0.742. The van der Waals surface area contributed by atoms with Crippen LogP contribution in [-0.4, -0.2) is 47.0 Å². The van der Waals surface area contributed by atoms with Crippen molar-refractivity contribution in [1.82, 2.24) is 9.80 Å². The van der Waals surface area contributed by atoms with Crippen LogP contribution in [0.2, 0.25) is 0 Å². The molecular formula is C20H25F3N2O2S. The van der Waals surface area contributed by atoms with Crippen molar-refractivity contribution in [2.75, 3.05) is 25.4 Å². The van der Waals surface area contributed by atoms with Crippen LogP contribution in [0.5, 0.6) is 0 Å². The number of hydrogen-bond donors (Lipinski definition) is 0. The van der Waals surface area contributed by atoms with Crippen molar-refractivity contribution >= 4 is 23.6 Å². The topological polar surface area (TPSA) is 40.6 Å². The molecule has 0 bridgehead atoms. The van der Waals surface area contributed by atoms with Crippen molar-refractivity contribution in [1.29, 1.82) is 0 Å². The maximum Gasteiger partial charge on any atom is 0.416 e.